The van der Waals surface area contributed by atoms with E-state index in [9.17, 15) is 18.0 Å². The molecule has 2 amide bonds. The number of carbonyl (C=O) groups excluding carboxylic acids is 2. The Labute approximate surface area is 168 Å². The molecule has 2 rings (SSSR count). The summed E-state index contributed by atoms with van der Waals surface area (Å²) in [6.45, 7) is 8.05. The van der Waals surface area contributed by atoms with E-state index in [-0.39, 0.29) is 18.9 Å². The smallest absolute Gasteiger partial charge is 0.407 e. The summed E-state index contributed by atoms with van der Waals surface area (Å²) in [6.07, 6.45) is 3.58. The minimum Gasteiger partial charge on any atom is -0.444 e. The zero-order chi connectivity index (χ0) is 20.8. The van der Waals surface area contributed by atoms with Gasteiger partial charge in [0.2, 0.25) is 5.91 Å². The summed E-state index contributed by atoms with van der Waals surface area (Å²) in [7, 11) is -3.45. The zero-order valence-corrected chi connectivity index (χ0v) is 18.1. The van der Waals surface area contributed by atoms with Crippen LogP contribution in [0.25, 0.3) is 0 Å². The van der Waals surface area contributed by atoms with Gasteiger partial charge in [0.05, 0.1) is 0 Å². The van der Waals surface area contributed by atoms with Crippen LogP contribution in [0, 0.1) is 0 Å². The largest absolute Gasteiger partial charge is 0.444 e. The molecule has 162 valence electrons. The highest BCUT2D eigenvalue weighted by molar-refractivity contribution is 7.86. The fourth-order valence-corrected chi connectivity index (χ4v) is 5.02. The maximum atomic E-state index is 12.8. The summed E-state index contributed by atoms with van der Waals surface area (Å²) in [5.74, 6) is -0.0946. The van der Waals surface area contributed by atoms with Crippen molar-refractivity contribution in [3.63, 3.8) is 0 Å². The van der Waals surface area contributed by atoms with E-state index in [1.165, 1.54) is 4.31 Å². The molecule has 2 aliphatic rings. The van der Waals surface area contributed by atoms with Gasteiger partial charge in [-0.25, -0.2) is 4.79 Å². The summed E-state index contributed by atoms with van der Waals surface area (Å²) >= 11 is 0. The van der Waals surface area contributed by atoms with E-state index in [0.29, 0.717) is 39.3 Å². The summed E-state index contributed by atoms with van der Waals surface area (Å²) in [4.78, 5) is 25.6. The molecule has 28 heavy (non-hydrogen) atoms. The van der Waals surface area contributed by atoms with E-state index >= 15 is 0 Å². The highest BCUT2D eigenvalue weighted by Crippen LogP contribution is 2.18. The van der Waals surface area contributed by atoms with Crippen molar-refractivity contribution in [2.75, 3.05) is 45.8 Å². The zero-order valence-electron chi connectivity index (χ0n) is 17.3. The van der Waals surface area contributed by atoms with E-state index in [2.05, 4.69) is 5.32 Å². The van der Waals surface area contributed by atoms with Crippen LogP contribution in [0.4, 0.5) is 4.79 Å². The minimum absolute atomic E-state index is 0.0946. The number of amides is 2. The van der Waals surface area contributed by atoms with E-state index in [0.717, 1.165) is 25.7 Å². The van der Waals surface area contributed by atoms with Crippen molar-refractivity contribution in [2.45, 2.75) is 58.5 Å². The van der Waals surface area contributed by atoms with Gasteiger partial charge in [0.25, 0.3) is 10.2 Å². The molecular weight excluding hydrogens is 384 g/mol. The Hall–Kier alpha value is -1.39. The van der Waals surface area contributed by atoms with Crippen LogP contribution in [0.3, 0.4) is 0 Å². The molecular formula is C18H34N4O5S. The summed E-state index contributed by atoms with van der Waals surface area (Å²) in [5, 5.41) is 2.57. The molecule has 0 saturated carbocycles. The molecule has 2 aliphatic heterocycles. The van der Waals surface area contributed by atoms with Gasteiger partial charge in [0, 0.05) is 52.2 Å². The third-order valence-electron chi connectivity index (χ3n) is 4.82. The summed E-state index contributed by atoms with van der Waals surface area (Å²) < 4.78 is 33.8. The average molecular weight is 419 g/mol. The van der Waals surface area contributed by atoms with Gasteiger partial charge in [0.1, 0.15) is 5.60 Å². The van der Waals surface area contributed by atoms with Gasteiger partial charge < -0.3 is 15.0 Å². The fourth-order valence-electron chi connectivity index (χ4n) is 3.35. The number of piperazine rings is 1. The maximum Gasteiger partial charge on any atom is 0.407 e. The molecule has 0 aromatic carbocycles. The molecule has 0 aliphatic carbocycles. The lowest BCUT2D eigenvalue weighted by atomic mass is 10.2. The lowest BCUT2D eigenvalue weighted by Gasteiger charge is -2.36. The van der Waals surface area contributed by atoms with Crippen LogP contribution < -0.4 is 5.32 Å². The quantitative estimate of drug-likeness (QED) is 0.722. The first kappa shape index (κ1) is 22.9. The Kier molecular flexibility index (Phi) is 8.08. The van der Waals surface area contributed by atoms with Crippen LogP contribution in [-0.2, 0) is 19.7 Å². The van der Waals surface area contributed by atoms with Crippen molar-refractivity contribution in [3.05, 3.63) is 0 Å². The van der Waals surface area contributed by atoms with Gasteiger partial charge in [-0.2, -0.15) is 17.0 Å². The monoisotopic (exact) mass is 418 g/mol. The first-order valence-corrected chi connectivity index (χ1v) is 11.5. The number of carbonyl (C=O) groups is 2. The van der Waals surface area contributed by atoms with Crippen molar-refractivity contribution in [2.24, 2.45) is 0 Å². The molecule has 0 unspecified atom stereocenters. The second-order valence-electron chi connectivity index (χ2n) is 8.28. The molecule has 0 aromatic heterocycles. The van der Waals surface area contributed by atoms with Crippen LogP contribution in [-0.4, -0.2) is 85.3 Å². The summed E-state index contributed by atoms with van der Waals surface area (Å²) in [6, 6.07) is 0. The molecule has 0 spiro atoms. The lowest BCUT2D eigenvalue weighted by Crippen LogP contribution is -2.54. The van der Waals surface area contributed by atoms with Crippen LogP contribution in [0.15, 0.2) is 0 Å². The topological polar surface area (TPSA) is 99.3 Å². The van der Waals surface area contributed by atoms with E-state index in [1.807, 2.05) is 0 Å². The van der Waals surface area contributed by atoms with Gasteiger partial charge >= 0.3 is 6.09 Å². The molecule has 10 heteroatoms. The first-order chi connectivity index (χ1) is 13.1. The second kappa shape index (κ2) is 9.89. The molecule has 0 bridgehead atoms. The number of ether oxygens (including phenoxy) is 1. The summed E-state index contributed by atoms with van der Waals surface area (Å²) in [5.41, 5.74) is -0.580. The Morgan fingerprint density at radius 2 is 1.43 bits per heavy atom. The SMILES string of the molecule is CC(C)(C)OC(=O)NCCC(=O)N1CCN(S(=O)(=O)N2CCCCCC2)CC1. The van der Waals surface area contributed by atoms with Crippen LogP contribution >= 0.6 is 0 Å². The maximum absolute atomic E-state index is 12.8. The van der Waals surface area contributed by atoms with E-state index in [4.69, 9.17) is 4.74 Å². The van der Waals surface area contributed by atoms with Gasteiger partial charge in [-0.05, 0) is 33.6 Å². The predicted octanol–water partition coefficient (Wildman–Crippen LogP) is 1.17. The van der Waals surface area contributed by atoms with Crippen LogP contribution in [0.5, 0.6) is 0 Å². The number of hydrogen-bond donors (Lipinski definition) is 1. The molecule has 2 fully saturated rings. The molecule has 0 atom stereocenters. The lowest BCUT2D eigenvalue weighted by molar-refractivity contribution is -0.132. The van der Waals surface area contributed by atoms with Crippen molar-refractivity contribution < 1.29 is 22.7 Å². The molecule has 2 heterocycles. The Balaban J connectivity index is 1.75. The first-order valence-electron chi connectivity index (χ1n) is 10.1. The molecule has 1 N–H and O–H groups in total. The Bertz CT molecular complexity index is 631. The molecule has 2 saturated heterocycles. The molecule has 9 nitrogen and oxygen atoms in total. The van der Waals surface area contributed by atoms with Gasteiger partial charge in [-0.15, -0.1) is 0 Å². The van der Waals surface area contributed by atoms with Crippen LogP contribution in [0.1, 0.15) is 52.9 Å². The minimum atomic E-state index is -3.45. The Morgan fingerprint density at radius 1 is 0.893 bits per heavy atom. The van der Waals surface area contributed by atoms with Crippen molar-refractivity contribution in [1.29, 1.82) is 0 Å². The van der Waals surface area contributed by atoms with Gasteiger partial charge in [0.15, 0.2) is 0 Å². The van der Waals surface area contributed by atoms with Gasteiger partial charge in [-0.3, -0.25) is 4.79 Å². The standard InChI is InChI=1S/C18H34N4O5S/c1-18(2,3)27-17(24)19-9-8-16(23)20-12-14-22(15-13-20)28(25,26)21-10-6-4-5-7-11-21/h4-15H2,1-3H3,(H,19,24). The number of alkyl carbamates (subject to hydrolysis) is 1. The predicted molar refractivity (Wildman–Crippen MR) is 106 cm³/mol. The third kappa shape index (κ3) is 6.89. The van der Waals surface area contributed by atoms with E-state index in [1.54, 1.807) is 30.0 Å². The highest BCUT2D eigenvalue weighted by Gasteiger charge is 2.33. The number of nitrogens with one attached hydrogen (secondary N) is 1. The third-order valence-corrected chi connectivity index (χ3v) is 6.85. The van der Waals surface area contributed by atoms with Gasteiger partial charge in [-0.1, -0.05) is 12.8 Å². The van der Waals surface area contributed by atoms with Crippen LogP contribution in [0.2, 0.25) is 0 Å². The number of nitrogens with zero attached hydrogens (tertiary/aromatic N) is 3. The van der Waals surface area contributed by atoms with Crippen molar-refractivity contribution in [1.82, 2.24) is 18.8 Å². The second-order valence-corrected chi connectivity index (χ2v) is 10.2. The number of rotatable bonds is 5. The average Bonchev–Trinajstić information content (AvgIpc) is 2.90. The van der Waals surface area contributed by atoms with E-state index < -0.39 is 21.9 Å². The highest BCUT2D eigenvalue weighted by atomic mass is 32.2. The molecule has 0 radical (unpaired) electrons. The van der Waals surface area contributed by atoms with Crippen molar-refractivity contribution in [3.8, 4) is 0 Å². The number of hydrogen-bond acceptors (Lipinski definition) is 5. The fraction of sp³-hybridized carbons (Fsp3) is 0.889. The normalized spacial score (nSPS) is 20.5. The Morgan fingerprint density at radius 3 is 1.96 bits per heavy atom. The molecule has 0 aromatic rings. The van der Waals surface area contributed by atoms with Crippen molar-refractivity contribution >= 4 is 22.2 Å².